The van der Waals surface area contributed by atoms with Gasteiger partial charge in [0.25, 0.3) is 5.91 Å². The second-order valence-electron chi connectivity index (χ2n) is 4.00. The van der Waals surface area contributed by atoms with Crippen molar-refractivity contribution in [2.75, 3.05) is 5.43 Å². The molecule has 0 aliphatic heterocycles. The first kappa shape index (κ1) is 13.9. The molecule has 4 N–H and O–H groups in total. The quantitative estimate of drug-likeness (QED) is 0.554. The molecular weight excluding hydrogens is 270 g/mol. The van der Waals surface area contributed by atoms with E-state index >= 15 is 0 Å². The molecule has 0 bridgehead atoms. The van der Waals surface area contributed by atoms with Crippen LogP contribution in [0.25, 0.3) is 0 Å². The first-order chi connectivity index (χ1) is 9.52. The summed E-state index contributed by atoms with van der Waals surface area (Å²) in [6, 6.07) is 1.79. The van der Waals surface area contributed by atoms with E-state index in [-0.39, 0.29) is 12.1 Å². The third kappa shape index (κ3) is 2.72. The number of nitrogen functional groups attached to an aromatic ring is 1. The van der Waals surface area contributed by atoms with Crippen LogP contribution in [0.15, 0.2) is 18.5 Å². The van der Waals surface area contributed by atoms with E-state index in [4.69, 9.17) is 5.84 Å². The molecule has 1 amide bonds. The van der Waals surface area contributed by atoms with Crippen molar-refractivity contribution < 1.29 is 13.6 Å². The van der Waals surface area contributed by atoms with Crippen molar-refractivity contribution in [2.24, 2.45) is 12.9 Å². The number of nitrogens with two attached hydrogens (primary N) is 1. The maximum atomic E-state index is 13.5. The number of carbonyl (C=O) groups is 1. The van der Waals surface area contributed by atoms with Crippen molar-refractivity contribution in [3.8, 4) is 0 Å². The molecule has 0 saturated heterocycles. The molecule has 106 valence electrons. The van der Waals surface area contributed by atoms with Gasteiger partial charge in [-0.1, -0.05) is 0 Å². The second-order valence-corrected chi connectivity index (χ2v) is 4.00. The molecule has 0 aliphatic rings. The molecule has 0 unspecified atom stereocenters. The highest BCUT2D eigenvalue weighted by molar-refractivity contribution is 5.94. The number of rotatable bonds is 4. The molecule has 1 heterocycles. The van der Waals surface area contributed by atoms with Crippen LogP contribution in [-0.2, 0) is 13.6 Å². The Morgan fingerprint density at radius 2 is 2.05 bits per heavy atom. The molecule has 1 aromatic heterocycles. The van der Waals surface area contributed by atoms with Crippen LogP contribution in [0.1, 0.15) is 16.2 Å². The van der Waals surface area contributed by atoms with E-state index in [1.54, 1.807) is 11.6 Å². The van der Waals surface area contributed by atoms with Crippen molar-refractivity contribution in [1.29, 1.82) is 0 Å². The summed E-state index contributed by atoms with van der Waals surface area (Å²) in [5.74, 6) is 2.96. The fraction of sp³-hybridized carbons (Fsp3) is 0.182. The van der Waals surface area contributed by atoms with Gasteiger partial charge in [0, 0.05) is 12.6 Å². The molecule has 7 nitrogen and oxygen atoms in total. The SMILES string of the molecule is Cn1cnnc1CNC(=O)c1cc(F)c(NN)c(F)c1. The van der Waals surface area contributed by atoms with Crippen molar-refractivity contribution in [2.45, 2.75) is 6.54 Å². The number of halogens is 2. The van der Waals surface area contributed by atoms with Crippen molar-refractivity contribution in [3.63, 3.8) is 0 Å². The molecular formula is C11H12F2N6O. The summed E-state index contributed by atoms with van der Waals surface area (Å²) < 4.78 is 28.5. The minimum absolute atomic E-state index is 0.0927. The summed E-state index contributed by atoms with van der Waals surface area (Å²) in [5, 5.41) is 9.90. The largest absolute Gasteiger partial charge is 0.345 e. The van der Waals surface area contributed by atoms with Gasteiger partial charge < -0.3 is 15.3 Å². The monoisotopic (exact) mass is 282 g/mol. The lowest BCUT2D eigenvalue weighted by molar-refractivity contribution is 0.0948. The number of hydrazine groups is 1. The number of hydrogen-bond acceptors (Lipinski definition) is 5. The summed E-state index contributed by atoms with van der Waals surface area (Å²) in [5.41, 5.74) is 1.25. The summed E-state index contributed by atoms with van der Waals surface area (Å²) in [6.45, 7) is 0.0927. The van der Waals surface area contributed by atoms with Crippen molar-refractivity contribution >= 4 is 11.6 Å². The van der Waals surface area contributed by atoms with Crippen LogP contribution in [0.2, 0.25) is 0 Å². The van der Waals surface area contributed by atoms with Crippen LogP contribution in [0, 0.1) is 11.6 Å². The van der Waals surface area contributed by atoms with Gasteiger partial charge in [0.15, 0.2) is 17.5 Å². The number of hydrogen-bond donors (Lipinski definition) is 3. The molecule has 0 atom stereocenters. The second kappa shape index (κ2) is 5.61. The predicted octanol–water partition coefficient (Wildman–Crippen LogP) is 0.309. The van der Waals surface area contributed by atoms with Crippen LogP contribution >= 0.6 is 0 Å². The van der Waals surface area contributed by atoms with E-state index in [1.807, 2.05) is 5.43 Å². The average molecular weight is 282 g/mol. The Hall–Kier alpha value is -2.55. The molecule has 2 aromatic rings. The Bertz CT molecular complexity index is 619. The van der Waals surface area contributed by atoms with E-state index in [2.05, 4.69) is 15.5 Å². The number of nitrogens with one attached hydrogen (secondary N) is 2. The van der Waals surface area contributed by atoms with Gasteiger partial charge in [-0.25, -0.2) is 8.78 Å². The third-order valence-corrected chi connectivity index (χ3v) is 2.66. The molecule has 0 radical (unpaired) electrons. The van der Waals surface area contributed by atoms with Gasteiger partial charge in [-0.3, -0.25) is 10.6 Å². The first-order valence-electron chi connectivity index (χ1n) is 5.59. The third-order valence-electron chi connectivity index (χ3n) is 2.66. The number of benzene rings is 1. The van der Waals surface area contributed by atoms with Crippen LogP contribution in [-0.4, -0.2) is 20.7 Å². The van der Waals surface area contributed by atoms with Gasteiger partial charge in [0.2, 0.25) is 0 Å². The Kier molecular flexibility index (Phi) is 3.89. The Morgan fingerprint density at radius 1 is 1.40 bits per heavy atom. The fourth-order valence-electron chi connectivity index (χ4n) is 1.57. The number of carbonyl (C=O) groups excluding carboxylic acids is 1. The van der Waals surface area contributed by atoms with Crippen LogP contribution < -0.4 is 16.6 Å². The van der Waals surface area contributed by atoms with Crippen molar-refractivity contribution in [1.82, 2.24) is 20.1 Å². The van der Waals surface area contributed by atoms with Crippen molar-refractivity contribution in [3.05, 3.63) is 41.5 Å². The predicted molar refractivity (Wildman–Crippen MR) is 66.3 cm³/mol. The fourth-order valence-corrected chi connectivity index (χ4v) is 1.57. The van der Waals surface area contributed by atoms with Crippen LogP contribution in [0.5, 0.6) is 0 Å². The number of amides is 1. The highest BCUT2D eigenvalue weighted by atomic mass is 19.1. The smallest absolute Gasteiger partial charge is 0.251 e. The van der Waals surface area contributed by atoms with Crippen LogP contribution in [0.4, 0.5) is 14.5 Å². The summed E-state index contributed by atoms with van der Waals surface area (Å²) >= 11 is 0. The molecule has 2 rings (SSSR count). The van der Waals surface area contributed by atoms with Crippen LogP contribution in [0.3, 0.4) is 0 Å². The van der Waals surface area contributed by atoms with Gasteiger partial charge in [0.1, 0.15) is 12.0 Å². The van der Waals surface area contributed by atoms with E-state index in [9.17, 15) is 13.6 Å². The molecule has 0 fully saturated rings. The zero-order chi connectivity index (χ0) is 14.7. The maximum absolute atomic E-state index is 13.5. The van der Waals surface area contributed by atoms with Gasteiger partial charge in [-0.2, -0.15) is 0 Å². The van der Waals surface area contributed by atoms with Gasteiger partial charge in [-0.15, -0.1) is 10.2 Å². The summed E-state index contributed by atoms with van der Waals surface area (Å²) in [4.78, 5) is 11.8. The minimum Gasteiger partial charge on any atom is -0.345 e. The number of anilines is 1. The Labute approximate surface area is 112 Å². The molecule has 20 heavy (non-hydrogen) atoms. The topological polar surface area (TPSA) is 97.9 Å². The molecule has 0 spiro atoms. The lowest BCUT2D eigenvalue weighted by Gasteiger charge is -2.08. The molecule has 9 heteroatoms. The number of aryl methyl sites for hydroxylation is 1. The highest BCUT2D eigenvalue weighted by Gasteiger charge is 2.15. The minimum atomic E-state index is -0.948. The van der Waals surface area contributed by atoms with E-state index in [0.29, 0.717) is 5.82 Å². The zero-order valence-corrected chi connectivity index (χ0v) is 10.5. The standard InChI is InChI=1S/C11H12F2N6O/c1-19-5-16-18-9(19)4-15-11(20)6-2-7(12)10(17-14)8(13)3-6/h2-3,5,17H,4,14H2,1H3,(H,15,20). The normalized spacial score (nSPS) is 10.4. The lowest BCUT2D eigenvalue weighted by atomic mass is 10.1. The lowest BCUT2D eigenvalue weighted by Crippen LogP contribution is -2.25. The maximum Gasteiger partial charge on any atom is 0.251 e. The van der Waals surface area contributed by atoms with Gasteiger partial charge >= 0.3 is 0 Å². The Morgan fingerprint density at radius 3 is 2.55 bits per heavy atom. The highest BCUT2D eigenvalue weighted by Crippen LogP contribution is 2.19. The zero-order valence-electron chi connectivity index (χ0n) is 10.5. The van der Waals surface area contributed by atoms with E-state index in [0.717, 1.165) is 12.1 Å². The van der Waals surface area contributed by atoms with Gasteiger partial charge in [-0.05, 0) is 12.1 Å². The number of aromatic nitrogens is 3. The number of nitrogens with zero attached hydrogens (tertiary/aromatic N) is 3. The molecule has 1 aromatic carbocycles. The molecule has 0 aliphatic carbocycles. The first-order valence-corrected chi connectivity index (χ1v) is 5.59. The molecule has 0 saturated carbocycles. The summed E-state index contributed by atoms with van der Waals surface area (Å²) in [6.07, 6.45) is 1.47. The summed E-state index contributed by atoms with van der Waals surface area (Å²) in [7, 11) is 1.71. The van der Waals surface area contributed by atoms with E-state index in [1.165, 1.54) is 6.33 Å². The van der Waals surface area contributed by atoms with Gasteiger partial charge in [0.05, 0.1) is 6.54 Å². The Balaban J connectivity index is 2.12. The average Bonchev–Trinajstić information content (AvgIpc) is 2.81. The van der Waals surface area contributed by atoms with E-state index < -0.39 is 23.2 Å².